The largest absolute Gasteiger partial charge is 0.478 e. The monoisotopic (exact) mass is 316 g/mol. The molecule has 0 aliphatic heterocycles. The summed E-state index contributed by atoms with van der Waals surface area (Å²) < 4.78 is 5.17. The van der Waals surface area contributed by atoms with Crippen molar-refractivity contribution in [3.05, 3.63) is 72.7 Å². The highest BCUT2D eigenvalue weighted by Gasteiger charge is 2.15. The first-order valence-electron chi connectivity index (χ1n) is 7.35. The molecular formula is C19H12N2O3. The van der Waals surface area contributed by atoms with E-state index in [1.165, 1.54) is 12.1 Å². The van der Waals surface area contributed by atoms with E-state index >= 15 is 0 Å². The van der Waals surface area contributed by atoms with Gasteiger partial charge in [0.05, 0.1) is 34.8 Å². The minimum absolute atomic E-state index is 0.183. The Morgan fingerprint density at radius 3 is 2.33 bits per heavy atom. The highest BCUT2D eigenvalue weighted by Crippen LogP contribution is 2.31. The van der Waals surface area contributed by atoms with E-state index in [1.807, 2.05) is 36.4 Å². The van der Waals surface area contributed by atoms with Crippen LogP contribution in [0, 0.1) is 0 Å². The number of benzene rings is 2. The van der Waals surface area contributed by atoms with Crippen LogP contribution in [0.4, 0.5) is 0 Å². The summed E-state index contributed by atoms with van der Waals surface area (Å²) in [5, 5.41) is 9.17. The molecule has 4 aromatic rings. The average Bonchev–Trinajstić information content (AvgIpc) is 3.15. The van der Waals surface area contributed by atoms with Gasteiger partial charge >= 0.3 is 5.97 Å². The lowest BCUT2D eigenvalue weighted by Crippen LogP contribution is -1.99. The van der Waals surface area contributed by atoms with Crippen molar-refractivity contribution < 1.29 is 14.3 Å². The normalized spacial score (nSPS) is 10.8. The van der Waals surface area contributed by atoms with Crippen LogP contribution < -0.4 is 0 Å². The van der Waals surface area contributed by atoms with Crippen molar-refractivity contribution in [1.82, 2.24) is 9.97 Å². The molecule has 0 aliphatic carbocycles. The Bertz CT molecular complexity index is 1030. The molecule has 0 spiro atoms. The molecule has 5 nitrogen and oxygen atoms in total. The van der Waals surface area contributed by atoms with Crippen molar-refractivity contribution in [2.24, 2.45) is 0 Å². The number of carbonyl (C=O) groups is 1. The molecule has 2 heterocycles. The molecule has 24 heavy (non-hydrogen) atoms. The second-order valence-corrected chi connectivity index (χ2v) is 5.31. The summed E-state index contributed by atoms with van der Waals surface area (Å²) >= 11 is 0. The number of hydrogen-bond donors (Lipinski definition) is 1. The van der Waals surface area contributed by atoms with Crippen molar-refractivity contribution in [1.29, 1.82) is 0 Å². The van der Waals surface area contributed by atoms with Crippen LogP contribution in [0.3, 0.4) is 0 Å². The molecule has 4 rings (SSSR count). The summed E-state index contributed by atoms with van der Waals surface area (Å²) in [6.07, 6.45) is 3.17. The second kappa shape index (κ2) is 5.62. The molecule has 2 aromatic heterocycles. The molecule has 0 amide bonds. The first kappa shape index (κ1) is 14.1. The zero-order valence-corrected chi connectivity index (χ0v) is 12.5. The number of fused-ring (bicyclic) bond motifs is 1. The van der Waals surface area contributed by atoms with Crippen LogP contribution in [0.5, 0.6) is 0 Å². The molecular weight excluding hydrogens is 304 g/mol. The smallest absolute Gasteiger partial charge is 0.335 e. The molecule has 2 aromatic carbocycles. The van der Waals surface area contributed by atoms with Crippen molar-refractivity contribution in [2.45, 2.75) is 0 Å². The highest BCUT2D eigenvalue weighted by molar-refractivity contribution is 5.93. The quantitative estimate of drug-likeness (QED) is 0.611. The van der Waals surface area contributed by atoms with E-state index < -0.39 is 5.97 Å². The number of furan rings is 1. The minimum atomic E-state index is -0.990. The van der Waals surface area contributed by atoms with Crippen molar-refractivity contribution in [3.8, 4) is 22.5 Å². The van der Waals surface area contributed by atoms with Crippen LogP contribution >= 0.6 is 0 Å². The fourth-order valence-electron chi connectivity index (χ4n) is 2.59. The van der Waals surface area contributed by atoms with Gasteiger partial charge in [-0.1, -0.05) is 30.3 Å². The SMILES string of the molecule is O=C(O)c1ccc2nc(-c3ccccc3)c(-c3ccoc3)nc2c1. The number of rotatable bonds is 3. The summed E-state index contributed by atoms with van der Waals surface area (Å²) in [7, 11) is 0. The van der Waals surface area contributed by atoms with E-state index in [9.17, 15) is 4.79 Å². The van der Waals surface area contributed by atoms with Gasteiger partial charge in [0.2, 0.25) is 0 Å². The number of nitrogens with zero attached hydrogens (tertiary/aromatic N) is 2. The summed E-state index contributed by atoms with van der Waals surface area (Å²) in [6.45, 7) is 0. The summed E-state index contributed by atoms with van der Waals surface area (Å²) in [5.41, 5.74) is 4.48. The molecule has 0 unspecified atom stereocenters. The first-order chi connectivity index (χ1) is 11.7. The maximum absolute atomic E-state index is 11.2. The number of hydrogen-bond acceptors (Lipinski definition) is 4. The number of carboxylic acid groups (broad SMARTS) is 1. The van der Waals surface area contributed by atoms with Gasteiger partial charge in [0, 0.05) is 11.1 Å². The van der Waals surface area contributed by atoms with Gasteiger partial charge in [-0.25, -0.2) is 14.8 Å². The Balaban J connectivity index is 2.01. The number of aromatic nitrogens is 2. The van der Waals surface area contributed by atoms with Gasteiger partial charge in [0.1, 0.15) is 5.69 Å². The van der Waals surface area contributed by atoms with Crippen molar-refractivity contribution in [2.75, 3.05) is 0 Å². The van der Waals surface area contributed by atoms with Crippen LogP contribution in [0.25, 0.3) is 33.5 Å². The van der Waals surface area contributed by atoms with E-state index in [2.05, 4.69) is 4.98 Å². The lowest BCUT2D eigenvalue weighted by molar-refractivity contribution is 0.0697. The molecule has 0 saturated heterocycles. The fraction of sp³-hybridized carbons (Fsp3) is 0. The molecule has 0 atom stereocenters. The maximum Gasteiger partial charge on any atom is 0.335 e. The predicted molar refractivity (Wildman–Crippen MR) is 89.6 cm³/mol. The van der Waals surface area contributed by atoms with E-state index in [4.69, 9.17) is 14.5 Å². The van der Waals surface area contributed by atoms with Crippen LogP contribution in [0.2, 0.25) is 0 Å². The topological polar surface area (TPSA) is 76.2 Å². The van der Waals surface area contributed by atoms with Crippen molar-refractivity contribution in [3.63, 3.8) is 0 Å². The van der Waals surface area contributed by atoms with Crippen LogP contribution in [-0.2, 0) is 0 Å². The lowest BCUT2D eigenvalue weighted by atomic mass is 10.1. The van der Waals surface area contributed by atoms with Gasteiger partial charge in [-0.05, 0) is 24.3 Å². The standard InChI is InChI=1S/C19H12N2O3/c22-19(23)13-6-7-15-16(10-13)21-18(14-8-9-24-11-14)17(20-15)12-4-2-1-3-5-12/h1-11H,(H,22,23). The Labute approximate surface area is 137 Å². The average molecular weight is 316 g/mol. The third-order valence-electron chi connectivity index (χ3n) is 3.75. The van der Waals surface area contributed by atoms with Crippen LogP contribution in [0.15, 0.2) is 71.5 Å². The molecule has 0 bridgehead atoms. The molecule has 0 aliphatic rings. The molecule has 0 saturated carbocycles. The summed E-state index contributed by atoms with van der Waals surface area (Å²) in [4.78, 5) is 20.5. The second-order valence-electron chi connectivity index (χ2n) is 5.31. The highest BCUT2D eigenvalue weighted by atomic mass is 16.4. The Kier molecular flexibility index (Phi) is 3.31. The Morgan fingerprint density at radius 1 is 0.875 bits per heavy atom. The zero-order valence-electron chi connectivity index (χ0n) is 12.5. The third kappa shape index (κ3) is 2.42. The minimum Gasteiger partial charge on any atom is -0.478 e. The Morgan fingerprint density at radius 2 is 1.62 bits per heavy atom. The third-order valence-corrected chi connectivity index (χ3v) is 3.75. The van der Waals surface area contributed by atoms with Gasteiger partial charge in [0.25, 0.3) is 0 Å². The summed E-state index contributed by atoms with van der Waals surface area (Å²) in [6, 6.07) is 16.3. The lowest BCUT2D eigenvalue weighted by Gasteiger charge is -2.09. The van der Waals surface area contributed by atoms with E-state index in [0.717, 1.165) is 16.8 Å². The molecule has 0 radical (unpaired) electrons. The fourth-order valence-corrected chi connectivity index (χ4v) is 2.59. The number of aromatic carboxylic acids is 1. The van der Waals surface area contributed by atoms with Crippen LogP contribution in [-0.4, -0.2) is 21.0 Å². The van der Waals surface area contributed by atoms with E-state index in [0.29, 0.717) is 16.7 Å². The van der Waals surface area contributed by atoms with Gasteiger partial charge in [0.15, 0.2) is 0 Å². The molecule has 116 valence electrons. The maximum atomic E-state index is 11.2. The van der Waals surface area contributed by atoms with Crippen LogP contribution in [0.1, 0.15) is 10.4 Å². The van der Waals surface area contributed by atoms with Crippen molar-refractivity contribution >= 4 is 17.0 Å². The van der Waals surface area contributed by atoms with E-state index in [-0.39, 0.29) is 5.56 Å². The van der Waals surface area contributed by atoms with Gasteiger partial charge in [-0.2, -0.15) is 0 Å². The number of carboxylic acids is 1. The van der Waals surface area contributed by atoms with Gasteiger partial charge in [-0.3, -0.25) is 0 Å². The van der Waals surface area contributed by atoms with Gasteiger partial charge in [-0.15, -0.1) is 0 Å². The van der Waals surface area contributed by atoms with E-state index in [1.54, 1.807) is 18.6 Å². The molecule has 1 N–H and O–H groups in total. The predicted octanol–water partition coefficient (Wildman–Crippen LogP) is 4.26. The zero-order chi connectivity index (χ0) is 16.5. The molecule has 0 fully saturated rings. The summed E-state index contributed by atoms with van der Waals surface area (Å²) in [5.74, 6) is -0.990. The van der Waals surface area contributed by atoms with Gasteiger partial charge < -0.3 is 9.52 Å². The first-order valence-corrected chi connectivity index (χ1v) is 7.35. The Hall–Kier alpha value is -3.47. The molecule has 5 heteroatoms.